The smallest absolute Gasteiger partial charge is 0.216 e. The van der Waals surface area contributed by atoms with Gasteiger partial charge in [-0.1, -0.05) is 48.5 Å². The predicted molar refractivity (Wildman–Crippen MR) is 163 cm³/mol. The van der Waals surface area contributed by atoms with E-state index in [1.807, 2.05) is 60.7 Å². The highest BCUT2D eigenvalue weighted by molar-refractivity contribution is 5.72. The zero-order chi connectivity index (χ0) is 29.4. The van der Waals surface area contributed by atoms with Crippen molar-refractivity contribution in [3.8, 4) is 17.2 Å². The van der Waals surface area contributed by atoms with E-state index in [0.29, 0.717) is 45.5 Å². The molecule has 1 aliphatic heterocycles. The first kappa shape index (κ1) is 31.3. The van der Waals surface area contributed by atoms with E-state index in [1.54, 1.807) is 7.11 Å². The normalized spacial score (nSPS) is 16.5. The lowest BCUT2D eigenvalue weighted by molar-refractivity contribution is -0.118. The molecule has 1 saturated heterocycles. The number of carbonyl (C=O) groups excluding carboxylic acids is 1. The van der Waals surface area contributed by atoms with Crippen LogP contribution in [0.15, 0.2) is 72.8 Å². The van der Waals surface area contributed by atoms with Gasteiger partial charge < -0.3 is 34.3 Å². The molecule has 3 aromatic rings. The van der Waals surface area contributed by atoms with Gasteiger partial charge in [-0.15, -0.1) is 0 Å². The SMILES string of the molecule is COc1ccccc1COCCCOc1ccc(C2CCNCC2OCCOc2ccccc2CCNC(C)=O)cc1. The number of benzene rings is 3. The van der Waals surface area contributed by atoms with Crippen molar-refractivity contribution in [2.45, 2.75) is 44.8 Å². The summed E-state index contributed by atoms with van der Waals surface area (Å²) in [5.74, 6) is 2.83. The second-order valence-corrected chi connectivity index (χ2v) is 10.3. The Hall–Kier alpha value is -3.59. The highest BCUT2D eigenvalue weighted by Crippen LogP contribution is 2.29. The summed E-state index contributed by atoms with van der Waals surface area (Å²) in [6, 6.07) is 24.3. The van der Waals surface area contributed by atoms with E-state index in [-0.39, 0.29) is 12.0 Å². The summed E-state index contributed by atoms with van der Waals surface area (Å²) in [7, 11) is 1.67. The minimum absolute atomic E-state index is 0.0261. The van der Waals surface area contributed by atoms with Gasteiger partial charge >= 0.3 is 0 Å². The van der Waals surface area contributed by atoms with Crippen LogP contribution in [0.4, 0.5) is 0 Å². The molecule has 0 saturated carbocycles. The Labute approximate surface area is 249 Å². The van der Waals surface area contributed by atoms with Gasteiger partial charge in [0.05, 0.1) is 39.6 Å². The van der Waals surface area contributed by atoms with Gasteiger partial charge in [0.2, 0.25) is 5.91 Å². The van der Waals surface area contributed by atoms with Crippen molar-refractivity contribution < 1.29 is 28.5 Å². The standard InChI is InChI=1S/C34H44N2O6/c1-26(37)36-19-16-28-8-3-6-11-33(28)41-22-23-42-34-24-35-18-17-31(34)27-12-14-30(15-13-27)40-21-7-20-39-25-29-9-4-5-10-32(29)38-2/h3-6,8-15,31,34-35H,7,16-25H2,1-2H3,(H,36,37). The van der Waals surface area contributed by atoms with Gasteiger partial charge in [0.1, 0.15) is 23.9 Å². The van der Waals surface area contributed by atoms with Crippen LogP contribution in [-0.2, 0) is 27.3 Å². The highest BCUT2D eigenvalue weighted by Gasteiger charge is 2.27. The van der Waals surface area contributed by atoms with E-state index in [1.165, 1.54) is 12.5 Å². The second-order valence-electron chi connectivity index (χ2n) is 10.3. The van der Waals surface area contributed by atoms with Crippen molar-refractivity contribution in [2.75, 3.05) is 53.2 Å². The molecule has 1 fully saturated rings. The van der Waals surface area contributed by atoms with Gasteiger partial charge in [-0.25, -0.2) is 0 Å². The van der Waals surface area contributed by atoms with E-state index in [9.17, 15) is 4.79 Å². The Morgan fingerprint density at radius 2 is 1.64 bits per heavy atom. The van der Waals surface area contributed by atoms with E-state index in [4.69, 9.17) is 23.7 Å². The zero-order valence-electron chi connectivity index (χ0n) is 24.8. The number of nitrogens with one attached hydrogen (secondary N) is 2. The van der Waals surface area contributed by atoms with Gasteiger partial charge in [-0.05, 0) is 54.8 Å². The van der Waals surface area contributed by atoms with Crippen LogP contribution in [0.1, 0.15) is 42.4 Å². The monoisotopic (exact) mass is 576 g/mol. The number of hydrogen-bond acceptors (Lipinski definition) is 7. The molecule has 1 amide bonds. The molecule has 0 radical (unpaired) electrons. The molecule has 42 heavy (non-hydrogen) atoms. The molecule has 3 aromatic carbocycles. The molecular formula is C34H44N2O6. The van der Waals surface area contributed by atoms with Crippen molar-refractivity contribution in [1.82, 2.24) is 10.6 Å². The van der Waals surface area contributed by atoms with Gasteiger partial charge in [0, 0.05) is 37.9 Å². The number of carbonyl (C=O) groups is 1. The molecule has 2 unspecified atom stereocenters. The maximum atomic E-state index is 11.2. The lowest BCUT2D eigenvalue weighted by atomic mass is 9.88. The first-order valence-corrected chi connectivity index (χ1v) is 14.8. The number of rotatable bonds is 17. The molecule has 2 N–H and O–H groups in total. The van der Waals surface area contributed by atoms with Crippen LogP contribution in [0.3, 0.4) is 0 Å². The van der Waals surface area contributed by atoms with Crippen LogP contribution in [0.5, 0.6) is 17.2 Å². The molecule has 1 aliphatic rings. The van der Waals surface area contributed by atoms with Crippen LogP contribution >= 0.6 is 0 Å². The number of para-hydroxylation sites is 2. The predicted octanol–water partition coefficient (Wildman–Crippen LogP) is 4.90. The minimum atomic E-state index is -0.0261. The number of ether oxygens (including phenoxy) is 5. The van der Waals surface area contributed by atoms with Crippen molar-refractivity contribution >= 4 is 5.91 Å². The van der Waals surface area contributed by atoms with Crippen molar-refractivity contribution in [2.24, 2.45) is 0 Å². The number of piperidine rings is 1. The summed E-state index contributed by atoms with van der Waals surface area (Å²) in [6.45, 7) is 6.61. The lowest BCUT2D eigenvalue weighted by Crippen LogP contribution is -2.41. The van der Waals surface area contributed by atoms with Crippen LogP contribution in [0.2, 0.25) is 0 Å². The molecule has 226 valence electrons. The average molecular weight is 577 g/mol. The van der Waals surface area contributed by atoms with Gasteiger partial charge in [0.25, 0.3) is 0 Å². The summed E-state index contributed by atoms with van der Waals surface area (Å²) in [5, 5.41) is 6.30. The van der Waals surface area contributed by atoms with E-state index in [2.05, 4.69) is 22.8 Å². The van der Waals surface area contributed by atoms with Crippen LogP contribution in [0.25, 0.3) is 0 Å². The van der Waals surface area contributed by atoms with Crippen LogP contribution < -0.4 is 24.8 Å². The summed E-state index contributed by atoms with van der Waals surface area (Å²) < 4.78 is 29.5. The van der Waals surface area contributed by atoms with Crippen molar-refractivity contribution in [1.29, 1.82) is 0 Å². The molecule has 2 atom stereocenters. The molecule has 0 aromatic heterocycles. The Kier molecular flexibility index (Phi) is 13.0. The fraction of sp³-hybridized carbons (Fsp3) is 0.441. The summed E-state index contributed by atoms with van der Waals surface area (Å²) in [6.07, 6.45) is 2.62. The second kappa shape index (κ2) is 17.4. The van der Waals surface area contributed by atoms with Gasteiger partial charge in [-0.3, -0.25) is 4.79 Å². The molecule has 8 nitrogen and oxygen atoms in total. The zero-order valence-corrected chi connectivity index (χ0v) is 24.8. The van der Waals surface area contributed by atoms with Gasteiger partial charge in [-0.2, -0.15) is 0 Å². The van der Waals surface area contributed by atoms with Crippen molar-refractivity contribution in [3.63, 3.8) is 0 Å². The van der Waals surface area contributed by atoms with Crippen LogP contribution in [0, 0.1) is 0 Å². The summed E-state index contributed by atoms with van der Waals surface area (Å²) >= 11 is 0. The summed E-state index contributed by atoms with van der Waals surface area (Å²) in [5.41, 5.74) is 3.38. The van der Waals surface area contributed by atoms with E-state index in [0.717, 1.165) is 60.7 Å². The summed E-state index contributed by atoms with van der Waals surface area (Å²) in [4.78, 5) is 11.2. The fourth-order valence-electron chi connectivity index (χ4n) is 5.13. The number of methoxy groups -OCH3 is 1. The molecule has 8 heteroatoms. The van der Waals surface area contributed by atoms with Crippen molar-refractivity contribution in [3.05, 3.63) is 89.5 Å². The molecule has 0 spiro atoms. The van der Waals surface area contributed by atoms with E-state index >= 15 is 0 Å². The minimum Gasteiger partial charge on any atom is -0.496 e. The average Bonchev–Trinajstić information content (AvgIpc) is 3.02. The van der Waals surface area contributed by atoms with Gasteiger partial charge in [0.15, 0.2) is 0 Å². The number of amides is 1. The maximum Gasteiger partial charge on any atom is 0.216 e. The third-order valence-electron chi connectivity index (χ3n) is 7.30. The Morgan fingerprint density at radius 1 is 0.881 bits per heavy atom. The Bertz CT molecular complexity index is 1220. The highest BCUT2D eigenvalue weighted by atomic mass is 16.5. The molecule has 0 aliphatic carbocycles. The first-order valence-electron chi connectivity index (χ1n) is 14.8. The third kappa shape index (κ3) is 10.0. The fourth-order valence-corrected chi connectivity index (χ4v) is 5.13. The third-order valence-corrected chi connectivity index (χ3v) is 7.30. The molecule has 4 rings (SSSR count). The van der Waals surface area contributed by atoms with Crippen LogP contribution in [-0.4, -0.2) is 65.2 Å². The van der Waals surface area contributed by atoms with E-state index < -0.39 is 0 Å². The maximum absolute atomic E-state index is 11.2. The molecule has 0 bridgehead atoms. The topological polar surface area (TPSA) is 87.3 Å². The Morgan fingerprint density at radius 3 is 2.43 bits per heavy atom. The number of hydrogen-bond donors (Lipinski definition) is 2. The quantitative estimate of drug-likeness (QED) is 0.221. The largest absolute Gasteiger partial charge is 0.496 e. The lowest BCUT2D eigenvalue weighted by Gasteiger charge is -2.32. The molecule has 1 heterocycles. The Balaban J connectivity index is 1.17. The first-order chi connectivity index (χ1) is 20.6. The molecular weight excluding hydrogens is 532 g/mol.